The summed E-state index contributed by atoms with van der Waals surface area (Å²) in [7, 11) is 0. The summed E-state index contributed by atoms with van der Waals surface area (Å²) in [5.41, 5.74) is -0.436. The first-order valence-corrected chi connectivity index (χ1v) is 8.59. The first kappa shape index (κ1) is 20.8. The summed E-state index contributed by atoms with van der Waals surface area (Å²) in [5.74, 6) is -0.236. The Balaban J connectivity index is 3.17. The fraction of sp³-hybridized carbons (Fsp3) is 0.933. The molecule has 126 valence electrons. The van der Waals surface area contributed by atoms with E-state index in [1.54, 1.807) is 0 Å². The number of esters is 1. The van der Waals surface area contributed by atoms with Crippen molar-refractivity contribution in [1.29, 1.82) is 0 Å². The summed E-state index contributed by atoms with van der Waals surface area (Å²) in [6, 6.07) is 0. The van der Waals surface area contributed by atoms with Crippen LogP contribution >= 0.6 is 15.9 Å². The van der Waals surface area contributed by atoms with Gasteiger partial charge in [-0.1, -0.05) is 15.9 Å². The smallest absolute Gasteiger partial charge is 0.308 e. The Morgan fingerprint density at radius 2 is 1.38 bits per heavy atom. The zero-order chi connectivity index (χ0) is 16.0. The van der Waals surface area contributed by atoms with Crippen LogP contribution in [0.4, 0.5) is 0 Å². The number of alkyl halides is 1. The average Bonchev–Trinajstić information content (AvgIpc) is 2.38. The van der Waals surface area contributed by atoms with E-state index in [0.29, 0.717) is 33.0 Å². The van der Waals surface area contributed by atoms with Gasteiger partial charge in [0, 0.05) is 11.9 Å². The maximum absolute atomic E-state index is 11.4. The lowest BCUT2D eigenvalue weighted by Gasteiger charge is -2.19. The monoisotopic (exact) mass is 368 g/mol. The highest BCUT2D eigenvalue weighted by atomic mass is 79.9. The predicted molar refractivity (Wildman–Crippen MR) is 85.9 cm³/mol. The van der Waals surface area contributed by atoms with Crippen molar-refractivity contribution in [1.82, 2.24) is 0 Å². The molecule has 0 aromatic carbocycles. The average molecular weight is 369 g/mol. The van der Waals surface area contributed by atoms with Crippen LogP contribution in [-0.4, -0.2) is 56.5 Å². The molecule has 0 saturated carbocycles. The van der Waals surface area contributed by atoms with Crippen molar-refractivity contribution in [3.05, 3.63) is 0 Å². The number of carbonyl (C=O) groups is 1. The summed E-state index contributed by atoms with van der Waals surface area (Å²) in [4.78, 5) is 11.4. The molecule has 0 radical (unpaired) electrons. The molecule has 0 saturated heterocycles. The quantitative estimate of drug-likeness (QED) is 0.284. The molecule has 0 atom stereocenters. The standard InChI is InChI=1S/C15H29BrO5/c1-15(2,3)21-14(17)6-9-19-11-13-20-12-10-18-8-5-4-7-16/h4-13H2,1-3H3. The van der Waals surface area contributed by atoms with E-state index in [1.165, 1.54) is 0 Å². The van der Waals surface area contributed by atoms with Gasteiger partial charge in [-0.25, -0.2) is 0 Å². The molecule has 0 unspecified atom stereocenters. The molecule has 0 aromatic rings. The van der Waals surface area contributed by atoms with Gasteiger partial charge in [-0.15, -0.1) is 0 Å². The van der Waals surface area contributed by atoms with Crippen LogP contribution in [-0.2, 0) is 23.7 Å². The largest absolute Gasteiger partial charge is 0.460 e. The molecule has 0 aliphatic carbocycles. The topological polar surface area (TPSA) is 54.0 Å². The van der Waals surface area contributed by atoms with E-state index in [0.717, 1.165) is 24.8 Å². The normalized spacial score (nSPS) is 11.6. The Bertz CT molecular complexity index is 253. The fourth-order valence-electron chi connectivity index (χ4n) is 1.39. The van der Waals surface area contributed by atoms with E-state index >= 15 is 0 Å². The first-order chi connectivity index (χ1) is 9.95. The zero-order valence-corrected chi connectivity index (χ0v) is 15.1. The first-order valence-electron chi connectivity index (χ1n) is 7.47. The van der Waals surface area contributed by atoms with E-state index in [-0.39, 0.29) is 12.4 Å². The molecule has 5 nitrogen and oxygen atoms in total. The summed E-state index contributed by atoms with van der Waals surface area (Å²) < 4.78 is 21.2. The summed E-state index contributed by atoms with van der Waals surface area (Å²) in [5, 5.41) is 1.02. The van der Waals surface area contributed by atoms with Crippen molar-refractivity contribution in [2.75, 3.05) is 45.0 Å². The molecule has 0 amide bonds. The maximum atomic E-state index is 11.4. The van der Waals surface area contributed by atoms with Crippen LogP contribution in [0, 0.1) is 0 Å². The fourth-order valence-corrected chi connectivity index (χ4v) is 1.79. The summed E-state index contributed by atoms with van der Waals surface area (Å²) >= 11 is 3.37. The minimum Gasteiger partial charge on any atom is -0.460 e. The second-order valence-electron chi connectivity index (χ2n) is 5.57. The van der Waals surface area contributed by atoms with Gasteiger partial charge in [-0.3, -0.25) is 4.79 Å². The van der Waals surface area contributed by atoms with Crippen LogP contribution in [0.15, 0.2) is 0 Å². The van der Waals surface area contributed by atoms with Gasteiger partial charge in [0.1, 0.15) is 5.60 Å². The Morgan fingerprint density at radius 3 is 1.90 bits per heavy atom. The van der Waals surface area contributed by atoms with Gasteiger partial charge in [0.15, 0.2) is 0 Å². The number of hydrogen-bond donors (Lipinski definition) is 0. The number of ether oxygens (including phenoxy) is 4. The highest BCUT2D eigenvalue weighted by molar-refractivity contribution is 9.09. The van der Waals surface area contributed by atoms with Gasteiger partial charge in [-0.05, 0) is 33.6 Å². The van der Waals surface area contributed by atoms with Gasteiger partial charge in [0.25, 0.3) is 0 Å². The third kappa shape index (κ3) is 17.8. The second kappa shape index (κ2) is 13.5. The number of halogens is 1. The van der Waals surface area contributed by atoms with Crippen molar-refractivity contribution < 1.29 is 23.7 Å². The lowest BCUT2D eigenvalue weighted by molar-refractivity contribution is -0.156. The van der Waals surface area contributed by atoms with E-state index in [2.05, 4.69) is 15.9 Å². The molecule has 0 aliphatic heterocycles. The van der Waals surface area contributed by atoms with Gasteiger partial charge >= 0.3 is 5.97 Å². The van der Waals surface area contributed by atoms with Crippen LogP contribution in [0.25, 0.3) is 0 Å². The Labute approximate surface area is 136 Å². The van der Waals surface area contributed by atoms with E-state index < -0.39 is 5.60 Å². The van der Waals surface area contributed by atoms with E-state index in [4.69, 9.17) is 18.9 Å². The zero-order valence-electron chi connectivity index (χ0n) is 13.5. The number of unbranched alkanes of at least 4 members (excludes halogenated alkanes) is 1. The number of rotatable bonds is 13. The molecule has 21 heavy (non-hydrogen) atoms. The van der Waals surface area contributed by atoms with Crippen molar-refractivity contribution in [3.63, 3.8) is 0 Å². The minimum absolute atomic E-state index is 0.236. The van der Waals surface area contributed by atoms with Gasteiger partial charge < -0.3 is 18.9 Å². The van der Waals surface area contributed by atoms with Crippen molar-refractivity contribution >= 4 is 21.9 Å². The molecule has 0 aliphatic rings. The molecule has 0 N–H and O–H groups in total. The number of hydrogen-bond acceptors (Lipinski definition) is 5. The summed E-state index contributed by atoms with van der Waals surface area (Å²) in [6.45, 7) is 8.86. The van der Waals surface area contributed by atoms with Crippen molar-refractivity contribution in [3.8, 4) is 0 Å². The minimum atomic E-state index is -0.436. The molecule has 0 fully saturated rings. The Morgan fingerprint density at radius 1 is 0.857 bits per heavy atom. The van der Waals surface area contributed by atoms with Gasteiger partial charge in [0.2, 0.25) is 0 Å². The highest BCUT2D eigenvalue weighted by Crippen LogP contribution is 2.07. The SMILES string of the molecule is CC(C)(C)OC(=O)CCOCCOCCOCCCCBr. The van der Waals surface area contributed by atoms with Crippen LogP contribution in [0.3, 0.4) is 0 Å². The molecule has 0 bridgehead atoms. The third-order valence-electron chi connectivity index (χ3n) is 2.29. The lowest BCUT2D eigenvalue weighted by atomic mass is 10.2. The molecular weight excluding hydrogens is 340 g/mol. The van der Waals surface area contributed by atoms with Crippen LogP contribution in [0.5, 0.6) is 0 Å². The van der Waals surface area contributed by atoms with E-state index in [9.17, 15) is 4.79 Å². The van der Waals surface area contributed by atoms with Crippen LogP contribution in [0.2, 0.25) is 0 Å². The molecular formula is C15H29BrO5. The Hall–Kier alpha value is -0.170. The molecule has 0 aromatic heterocycles. The maximum Gasteiger partial charge on any atom is 0.308 e. The highest BCUT2D eigenvalue weighted by Gasteiger charge is 2.15. The Kier molecular flexibility index (Phi) is 13.4. The molecule has 0 heterocycles. The molecule has 0 rings (SSSR count). The van der Waals surface area contributed by atoms with Crippen molar-refractivity contribution in [2.45, 2.75) is 45.6 Å². The molecule has 0 spiro atoms. The number of carbonyl (C=O) groups excluding carboxylic acids is 1. The lowest BCUT2D eigenvalue weighted by Crippen LogP contribution is -2.24. The van der Waals surface area contributed by atoms with Crippen LogP contribution < -0.4 is 0 Å². The van der Waals surface area contributed by atoms with Gasteiger partial charge in [0.05, 0.1) is 39.5 Å². The van der Waals surface area contributed by atoms with Gasteiger partial charge in [-0.2, -0.15) is 0 Å². The molecule has 6 heteroatoms. The summed E-state index contributed by atoms with van der Waals surface area (Å²) in [6.07, 6.45) is 2.47. The second-order valence-corrected chi connectivity index (χ2v) is 6.36. The predicted octanol–water partition coefficient (Wildman–Crippen LogP) is 2.94. The third-order valence-corrected chi connectivity index (χ3v) is 2.85. The van der Waals surface area contributed by atoms with Crippen LogP contribution in [0.1, 0.15) is 40.0 Å². The van der Waals surface area contributed by atoms with E-state index in [1.807, 2.05) is 20.8 Å². The van der Waals surface area contributed by atoms with Crippen molar-refractivity contribution in [2.24, 2.45) is 0 Å².